The molecule has 7 heteroatoms. The molecule has 0 fully saturated rings. The Morgan fingerprint density at radius 2 is 1.91 bits per heavy atom. The van der Waals surface area contributed by atoms with E-state index in [1.165, 1.54) is 0 Å². The lowest BCUT2D eigenvalue weighted by Gasteiger charge is -2.08. The number of carbonyl (C=O) groups excluding carboxylic acids is 2. The molecule has 0 spiro atoms. The van der Waals surface area contributed by atoms with E-state index in [4.69, 9.17) is 26.8 Å². The summed E-state index contributed by atoms with van der Waals surface area (Å²) in [7, 11) is 0. The summed E-state index contributed by atoms with van der Waals surface area (Å²) in [4.78, 5) is 21.9. The Hall–Kier alpha value is -1.95. The minimum Gasteiger partial charge on any atom is -0.488 e. The molecule has 0 radical (unpaired) electrons. The molecule has 0 aliphatic rings. The molecule has 0 aromatic heterocycles. The van der Waals surface area contributed by atoms with Gasteiger partial charge in [-0.3, -0.25) is 4.79 Å². The van der Waals surface area contributed by atoms with Crippen LogP contribution in [0.4, 0.5) is 4.79 Å². The third-order valence-corrected chi connectivity index (χ3v) is 3.11. The maximum Gasteiger partial charge on any atom is 0.312 e. The number of carbonyl (C=O) groups is 2. The molecule has 1 rings (SSSR count). The van der Waals surface area contributed by atoms with Gasteiger partial charge >= 0.3 is 12.0 Å². The van der Waals surface area contributed by atoms with Gasteiger partial charge in [0.15, 0.2) is 0 Å². The Kier molecular flexibility index (Phi) is 8.83. The first-order chi connectivity index (χ1) is 10.6. The summed E-state index contributed by atoms with van der Waals surface area (Å²) in [6.07, 6.45) is 2.67. The lowest BCUT2D eigenvalue weighted by atomic mass is 10.2. The zero-order chi connectivity index (χ0) is 16.2. The van der Waals surface area contributed by atoms with Gasteiger partial charge in [-0.15, -0.1) is 0 Å². The van der Waals surface area contributed by atoms with Crippen LogP contribution in [0.3, 0.4) is 0 Å². The average molecular weight is 329 g/mol. The molecule has 0 aliphatic heterocycles. The van der Waals surface area contributed by atoms with Crippen LogP contribution in [-0.4, -0.2) is 31.8 Å². The van der Waals surface area contributed by atoms with Gasteiger partial charge in [0.25, 0.3) is 0 Å². The van der Waals surface area contributed by atoms with Gasteiger partial charge in [-0.1, -0.05) is 30.2 Å². The van der Waals surface area contributed by atoms with Crippen LogP contribution in [0.25, 0.3) is 0 Å². The van der Waals surface area contributed by atoms with Crippen molar-refractivity contribution in [3.05, 3.63) is 29.3 Å². The standard InChI is InChI=1S/C15H21ClN2O4/c16-12-6-3-4-7-13(12)21-10-11-22-14(19)8-2-1-5-9-18-15(17)20/h3-4,6-7H,1-2,5,8-11H2,(H3,17,18,20). The van der Waals surface area contributed by atoms with Crippen molar-refractivity contribution in [3.63, 3.8) is 0 Å². The number of unbranched alkanes of at least 4 members (excludes halogenated alkanes) is 2. The summed E-state index contributed by atoms with van der Waals surface area (Å²) in [6.45, 7) is 0.974. The van der Waals surface area contributed by atoms with Crippen molar-refractivity contribution in [2.45, 2.75) is 25.7 Å². The van der Waals surface area contributed by atoms with E-state index < -0.39 is 6.03 Å². The highest BCUT2D eigenvalue weighted by Crippen LogP contribution is 2.22. The third kappa shape index (κ3) is 8.36. The quantitative estimate of drug-likeness (QED) is 0.510. The second-order valence-corrected chi connectivity index (χ2v) is 5.01. The molecule has 0 saturated heterocycles. The van der Waals surface area contributed by atoms with Crippen LogP contribution < -0.4 is 15.8 Å². The van der Waals surface area contributed by atoms with Crippen molar-refractivity contribution in [1.82, 2.24) is 5.32 Å². The Morgan fingerprint density at radius 1 is 1.14 bits per heavy atom. The maximum atomic E-state index is 11.5. The molecule has 0 atom stereocenters. The summed E-state index contributed by atoms with van der Waals surface area (Å²) in [5, 5.41) is 3.02. The lowest BCUT2D eigenvalue weighted by Crippen LogP contribution is -2.29. The average Bonchev–Trinajstić information content (AvgIpc) is 2.48. The predicted octanol–water partition coefficient (Wildman–Crippen LogP) is 2.49. The first kappa shape index (κ1) is 18.1. The number of ether oxygens (including phenoxy) is 2. The van der Waals surface area contributed by atoms with Crippen molar-refractivity contribution >= 4 is 23.6 Å². The topological polar surface area (TPSA) is 90.7 Å². The van der Waals surface area contributed by atoms with Crippen LogP contribution in [0.15, 0.2) is 24.3 Å². The van der Waals surface area contributed by atoms with Crippen molar-refractivity contribution in [1.29, 1.82) is 0 Å². The molecule has 3 N–H and O–H groups in total. The third-order valence-electron chi connectivity index (χ3n) is 2.80. The number of halogens is 1. The number of hydrogen-bond acceptors (Lipinski definition) is 4. The Morgan fingerprint density at radius 3 is 2.64 bits per heavy atom. The molecule has 122 valence electrons. The van der Waals surface area contributed by atoms with E-state index in [9.17, 15) is 9.59 Å². The molecule has 0 aliphatic carbocycles. The molecule has 0 heterocycles. The zero-order valence-corrected chi connectivity index (χ0v) is 13.1. The first-order valence-corrected chi connectivity index (χ1v) is 7.53. The molecule has 0 unspecified atom stereocenters. The number of urea groups is 1. The van der Waals surface area contributed by atoms with E-state index in [1.54, 1.807) is 12.1 Å². The summed E-state index contributed by atoms with van der Waals surface area (Å²) in [5.74, 6) is 0.313. The summed E-state index contributed by atoms with van der Waals surface area (Å²) < 4.78 is 10.5. The molecule has 0 saturated carbocycles. The number of primary amides is 1. The van der Waals surface area contributed by atoms with Crippen LogP contribution in [0.1, 0.15) is 25.7 Å². The predicted molar refractivity (Wildman–Crippen MR) is 84.0 cm³/mol. The van der Waals surface area contributed by atoms with Crippen molar-refractivity contribution < 1.29 is 19.1 Å². The van der Waals surface area contributed by atoms with Gasteiger partial charge in [0.05, 0.1) is 5.02 Å². The van der Waals surface area contributed by atoms with Crippen molar-refractivity contribution in [3.8, 4) is 5.75 Å². The lowest BCUT2D eigenvalue weighted by molar-refractivity contribution is -0.144. The SMILES string of the molecule is NC(=O)NCCCCCC(=O)OCCOc1ccccc1Cl. The molecule has 1 aromatic carbocycles. The van der Waals surface area contributed by atoms with E-state index in [2.05, 4.69) is 5.32 Å². The van der Waals surface area contributed by atoms with E-state index >= 15 is 0 Å². The van der Waals surface area contributed by atoms with Gasteiger partial charge in [-0.05, 0) is 25.0 Å². The van der Waals surface area contributed by atoms with Gasteiger partial charge in [-0.2, -0.15) is 0 Å². The van der Waals surface area contributed by atoms with Gasteiger partial charge in [0.1, 0.15) is 19.0 Å². The minimum atomic E-state index is -0.530. The molecule has 22 heavy (non-hydrogen) atoms. The number of rotatable bonds is 10. The number of hydrogen-bond donors (Lipinski definition) is 2. The van der Waals surface area contributed by atoms with Gasteiger partial charge in [0, 0.05) is 13.0 Å². The number of nitrogens with two attached hydrogens (primary N) is 1. The van der Waals surface area contributed by atoms with E-state index in [0.717, 1.165) is 12.8 Å². The normalized spacial score (nSPS) is 10.0. The Labute approximate surface area is 134 Å². The maximum absolute atomic E-state index is 11.5. The Balaban J connectivity index is 2.00. The second kappa shape index (κ2) is 10.7. The largest absolute Gasteiger partial charge is 0.488 e. The fourth-order valence-corrected chi connectivity index (χ4v) is 1.91. The molecule has 0 bridgehead atoms. The summed E-state index contributed by atoms with van der Waals surface area (Å²) in [6, 6.07) is 6.59. The van der Waals surface area contributed by atoms with Crippen LogP contribution in [0.5, 0.6) is 5.75 Å². The molecular formula is C15H21ClN2O4. The van der Waals surface area contributed by atoms with E-state index in [-0.39, 0.29) is 19.2 Å². The minimum absolute atomic E-state index is 0.188. The summed E-state index contributed by atoms with van der Waals surface area (Å²) >= 11 is 5.93. The van der Waals surface area contributed by atoms with E-state index in [1.807, 2.05) is 12.1 Å². The van der Waals surface area contributed by atoms with E-state index in [0.29, 0.717) is 30.2 Å². The summed E-state index contributed by atoms with van der Waals surface area (Å²) in [5.41, 5.74) is 4.93. The second-order valence-electron chi connectivity index (χ2n) is 4.60. The smallest absolute Gasteiger partial charge is 0.312 e. The molecular weight excluding hydrogens is 308 g/mol. The highest BCUT2D eigenvalue weighted by atomic mass is 35.5. The van der Waals surface area contributed by atoms with Gasteiger partial charge in [0.2, 0.25) is 0 Å². The zero-order valence-electron chi connectivity index (χ0n) is 12.3. The Bertz CT molecular complexity index is 482. The monoisotopic (exact) mass is 328 g/mol. The number of benzene rings is 1. The highest BCUT2D eigenvalue weighted by Gasteiger charge is 2.04. The number of esters is 1. The highest BCUT2D eigenvalue weighted by molar-refractivity contribution is 6.32. The van der Waals surface area contributed by atoms with Crippen LogP contribution in [0, 0.1) is 0 Å². The van der Waals surface area contributed by atoms with Crippen molar-refractivity contribution in [2.75, 3.05) is 19.8 Å². The van der Waals surface area contributed by atoms with Crippen LogP contribution in [0.2, 0.25) is 5.02 Å². The van der Waals surface area contributed by atoms with Crippen LogP contribution >= 0.6 is 11.6 Å². The number of para-hydroxylation sites is 1. The van der Waals surface area contributed by atoms with Crippen LogP contribution in [-0.2, 0) is 9.53 Å². The van der Waals surface area contributed by atoms with Crippen molar-refractivity contribution in [2.24, 2.45) is 5.73 Å². The molecule has 1 aromatic rings. The fourth-order valence-electron chi connectivity index (χ4n) is 1.72. The molecule has 6 nitrogen and oxygen atoms in total. The number of amides is 2. The van der Waals surface area contributed by atoms with Gasteiger partial charge in [-0.25, -0.2) is 4.79 Å². The number of nitrogens with one attached hydrogen (secondary N) is 1. The van der Waals surface area contributed by atoms with Gasteiger partial charge < -0.3 is 20.5 Å². The molecule has 2 amide bonds. The first-order valence-electron chi connectivity index (χ1n) is 7.16. The fraction of sp³-hybridized carbons (Fsp3) is 0.467.